The molecule has 1 aromatic heterocycles. The molecule has 0 atom stereocenters. The number of benzene rings is 1. The third-order valence-corrected chi connectivity index (χ3v) is 2.36. The first-order valence-corrected chi connectivity index (χ1v) is 5.25. The van der Waals surface area contributed by atoms with Crippen molar-refractivity contribution in [1.29, 1.82) is 0 Å². The van der Waals surface area contributed by atoms with Crippen molar-refractivity contribution in [2.45, 2.75) is 0 Å². The van der Waals surface area contributed by atoms with E-state index in [1.54, 1.807) is 6.26 Å². The summed E-state index contributed by atoms with van der Waals surface area (Å²) in [6.07, 6.45) is 3.80. The Morgan fingerprint density at radius 3 is 2.38 bits per heavy atom. The average Bonchev–Trinajstić information content (AvgIpc) is 2.80. The normalized spacial score (nSPS) is 11.5. The summed E-state index contributed by atoms with van der Waals surface area (Å²) >= 11 is 0. The summed E-state index contributed by atoms with van der Waals surface area (Å²) in [5.74, 6) is 0.883. The molecule has 1 heterocycles. The van der Waals surface area contributed by atoms with Gasteiger partial charge in [0.25, 0.3) is 0 Å². The van der Waals surface area contributed by atoms with Crippen LogP contribution in [0.25, 0.3) is 11.8 Å². The van der Waals surface area contributed by atoms with Gasteiger partial charge in [-0.2, -0.15) is 0 Å². The van der Waals surface area contributed by atoms with Crippen molar-refractivity contribution >= 4 is 11.8 Å². The first-order chi connectivity index (χ1) is 7.77. The summed E-state index contributed by atoms with van der Waals surface area (Å²) in [5, 5.41) is 0. The van der Waals surface area contributed by atoms with E-state index in [4.69, 9.17) is 4.42 Å². The fourth-order valence-corrected chi connectivity index (χ4v) is 1.55. The maximum atomic E-state index is 5.42. The zero-order valence-corrected chi connectivity index (χ0v) is 9.55. The minimum Gasteiger partial charge on any atom is -0.463 e. The Bertz CT molecular complexity index is 455. The van der Waals surface area contributed by atoms with Crippen LogP contribution < -0.4 is 0 Å². The minimum absolute atomic E-state index is 0.883. The number of nitrogens with zero attached hydrogens (tertiary/aromatic N) is 1. The van der Waals surface area contributed by atoms with Crippen LogP contribution in [0, 0.1) is 0 Å². The zero-order valence-electron chi connectivity index (χ0n) is 9.55. The number of furan rings is 1. The fraction of sp³-hybridized carbons (Fsp3) is 0.143. The van der Waals surface area contributed by atoms with E-state index in [9.17, 15) is 0 Å². The maximum Gasteiger partial charge on any atom is 0.149 e. The van der Waals surface area contributed by atoms with Gasteiger partial charge in [-0.3, -0.25) is 0 Å². The van der Waals surface area contributed by atoms with Crippen molar-refractivity contribution in [3.05, 3.63) is 60.1 Å². The molecule has 0 unspecified atom stereocenters. The van der Waals surface area contributed by atoms with Crippen LogP contribution in [0.5, 0.6) is 0 Å². The summed E-state index contributed by atoms with van der Waals surface area (Å²) in [7, 11) is 4.02. The minimum atomic E-state index is 0.883. The Balaban J connectivity index is 2.38. The van der Waals surface area contributed by atoms with E-state index in [1.807, 2.05) is 49.3 Å². The van der Waals surface area contributed by atoms with E-state index in [0.29, 0.717) is 0 Å². The highest BCUT2D eigenvalue weighted by atomic mass is 16.3. The lowest BCUT2D eigenvalue weighted by Crippen LogP contribution is -2.09. The monoisotopic (exact) mass is 213 g/mol. The molecule has 0 bridgehead atoms. The molecular weight excluding hydrogens is 198 g/mol. The molecule has 0 N–H and O–H groups in total. The highest BCUT2D eigenvalue weighted by Gasteiger charge is 2.06. The average molecular weight is 213 g/mol. The van der Waals surface area contributed by atoms with Gasteiger partial charge in [0.2, 0.25) is 0 Å². The second-order valence-electron chi connectivity index (χ2n) is 3.81. The van der Waals surface area contributed by atoms with Gasteiger partial charge in [-0.05, 0) is 23.8 Å². The third kappa shape index (κ3) is 2.34. The van der Waals surface area contributed by atoms with Crippen LogP contribution in [0.3, 0.4) is 0 Å². The van der Waals surface area contributed by atoms with Gasteiger partial charge in [-0.1, -0.05) is 30.3 Å². The molecule has 0 aliphatic heterocycles. The van der Waals surface area contributed by atoms with Crippen molar-refractivity contribution in [3.8, 4) is 0 Å². The van der Waals surface area contributed by atoms with E-state index in [-0.39, 0.29) is 0 Å². The lowest BCUT2D eigenvalue weighted by Gasteiger charge is -2.15. The topological polar surface area (TPSA) is 16.4 Å². The fourth-order valence-electron chi connectivity index (χ4n) is 1.55. The predicted octanol–water partition coefficient (Wildman–Crippen LogP) is 3.34. The zero-order chi connectivity index (χ0) is 11.4. The van der Waals surface area contributed by atoms with Crippen molar-refractivity contribution < 1.29 is 4.42 Å². The predicted molar refractivity (Wildman–Crippen MR) is 66.7 cm³/mol. The third-order valence-electron chi connectivity index (χ3n) is 2.36. The lowest BCUT2D eigenvalue weighted by atomic mass is 10.1. The molecule has 16 heavy (non-hydrogen) atoms. The Kier molecular flexibility index (Phi) is 3.10. The van der Waals surface area contributed by atoms with Crippen LogP contribution >= 0.6 is 0 Å². The van der Waals surface area contributed by atoms with Gasteiger partial charge in [0, 0.05) is 14.1 Å². The van der Waals surface area contributed by atoms with Crippen molar-refractivity contribution in [2.75, 3.05) is 14.1 Å². The summed E-state index contributed by atoms with van der Waals surface area (Å²) in [4.78, 5) is 2.05. The van der Waals surface area contributed by atoms with Gasteiger partial charge in [-0.25, -0.2) is 0 Å². The van der Waals surface area contributed by atoms with E-state index in [2.05, 4.69) is 18.2 Å². The molecule has 2 nitrogen and oxygen atoms in total. The Morgan fingerprint density at radius 2 is 1.81 bits per heavy atom. The Labute approximate surface area is 95.8 Å². The molecule has 0 radical (unpaired) electrons. The molecule has 0 saturated heterocycles. The van der Waals surface area contributed by atoms with Crippen LogP contribution in [0.15, 0.2) is 53.1 Å². The van der Waals surface area contributed by atoms with Gasteiger partial charge in [0.1, 0.15) is 5.76 Å². The van der Waals surface area contributed by atoms with Crippen LogP contribution in [0.4, 0.5) is 0 Å². The number of rotatable bonds is 3. The van der Waals surface area contributed by atoms with Crippen molar-refractivity contribution in [2.24, 2.45) is 0 Å². The van der Waals surface area contributed by atoms with Gasteiger partial charge in [-0.15, -0.1) is 0 Å². The highest BCUT2D eigenvalue weighted by molar-refractivity contribution is 5.77. The molecule has 0 amide bonds. The standard InChI is InChI=1S/C14H15NO/c1-15(2)13(14-9-6-10-16-14)11-12-7-4-3-5-8-12/h3-11H,1-2H3. The molecule has 1 aromatic carbocycles. The van der Waals surface area contributed by atoms with Gasteiger partial charge < -0.3 is 9.32 Å². The van der Waals surface area contributed by atoms with Crippen molar-refractivity contribution in [1.82, 2.24) is 4.90 Å². The molecule has 0 aliphatic rings. The van der Waals surface area contributed by atoms with Gasteiger partial charge in [0.05, 0.1) is 12.0 Å². The van der Waals surface area contributed by atoms with Crippen LogP contribution in [-0.2, 0) is 0 Å². The summed E-state index contributed by atoms with van der Waals surface area (Å²) in [6, 6.07) is 14.1. The molecule has 0 saturated carbocycles. The van der Waals surface area contributed by atoms with E-state index in [1.165, 1.54) is 5.56 Å². The molecular formula is C14H15NO. The molecule has 2 rings (SSSR count). The highest BCUT2D eigenvalue weighted by Crippen LogP contribution is 2.20. The first kappa shape index (κ1) is 10.6. The summed E-state index contributed by atoms with van der Waals surface area (Å²) in [5.41, 5.74) is 2.24. The summed E-state index contributed by atoms with van der Waals surface area (Å²) in [6.45, 7) is 0. The first-order valence-electron chi connectivity index (χ1n) is 5.25. The van der Waals surface area contributed by atoms with E-state index >= 15 is 0 Å². The quantitative estimate of drug-likeness (QED) is 0.777. The number of hydrogen-bond donors (Lipinski definition) is 0. The number of hydrogen-bond acceptors (Lipinski definition) is 2. The second-order valence-corrected chi connectivity index (χ2v) is 3.81. The molecule has 2 aromatic rings. The second kappa shape index (κ2) is 4.71. The smallest absolute Gasteiger partial charge is 0.149 e. The van der Waals surface area contributed by atoms with E-state index < -0.39 is 0 Å². The molecule has 0 spiro atoms. The lowest BCUT2D eigenvalue weighted by molar-refractivity contribution is 0.510. The molecule has 2 heteroatoms. The Morgan fingerprint density at radius 1 is 1.06 bits per heavy atom. The SMILES string of the molecule is CN(C)C(=Cc1ccccc1)c1ccco1. The van der Waals surface area contributed by atoms with Crippen LogP contribution in [0.2, 0.25) is 0 Å². The van der Waals surface area contributed by atoms with E-state index in [0.717, 1.165) is 11.5 Å². The van der Waals surface area contributed by atoms with Gasteiger partial charge >= 0.3 is 0 Å². The maximum absolute atomic E-state index is 5.42. The van der Waals surface area contributed by atoms with Crippen molar-refractivity contribution in [3.63, 3.8) is 0 Å². The molecule has 82 valence electrons. The van der Waals surface area contributed by atoms with Crippen LogP contribution in [-0.4, -0.2) is 19.0 Å². The Hall–Kier alpha value is -1.96. The molecule has 0 aliphatic carbocycles. The largest absolute Gasteiger partial charge is 0.463 e. The van der Waals surface area contributed by atoms with Crippen LogP contribution in [0.1, 0.15) is 11.3 Å². The summed E-state index contributed by atoms with van der Waals surface area (Å²) < 4.78 is 5.42. The van der Waals surface area contributed by atoms with Gasteiger partial charge in [0.15, 0.2) is 0 Å². The molecule has 0 fully saturated rings.